The predicted octanol–water partition coefficient (Wildman–Crippen LogP) is 3.63. The molecule has 0 aliphatic carbocycles. The van der Waals surface area contributed by atoms with E-state index in [2.05, 4.69) is 10.6 Å². The van der Waals surface area contributed by atoms with Crippen molar-refractivity contribution in [2.24, 2.45) is 0 Å². The maximum Gasteiger partial charge on any atom is 0.251 e. The quantitative estimate of drug-likeness (QED) is 0.817. The molecule has 126 valence electrons. The lowest BCUT2D eigenvalue weighted by Gasteiger charge is -2.08. The van der Waals surface area contributed by atoms with Crippen LogP contribution in [-0.4, -0.2) is 24.9 Å². The van der Waals surface area contributed by atoms with E-state index in [9.17, 15) is 9.59 Å². The van der Waals surface area contributed by atoms with Gasteiger partial charge < -0.3 is 10.6 Å². The van der Waals surface area contributed by atoms with Gasteiger partial charge in [-0.25, -0.2) is 0 Å². The van der Waals surface area contributed by atoms with Gasteiger partial charge in [0.2, 0.25) is 0 Å². The topological polar surface area (TPSA) is 58.2 Å². The van der Waals surface area contributed by atoms with Gasteiger partial charge in [-0.3, -0.25) is 9.59 Å². The minimum absolute atomic E-state index is 0.0736. The summed E-state index contributed by atoms with van der Waals surface area (Å²) in [6.07, 6.45) is 1.81. The van der Waals surface area contributed by atoms with Crippen molar-refractivity contribution in [2.45, 2.75) is 26.7 Å². The fraction of sp³-hybridized carbons (Fsp3) is 0.300. The molecule has 0 fully saturated rings. The molecule has 4 heteroatoms. The fourth-order valence-electron chi connectivity index (χ4n) is 2.36. The molecule has 2 amide bonds. The first-order valence-electron chi connectivity index (χ1n) is 8.42. The minimum Gasteiger partial charge on any atom is -0.352 e. The molecule has 2 aromatic rings. The SMILES string of the molecule is CCCNC(=O)c1cccc(-c2cccc(C(=O)NCCC)c2)c1. The van der Waals surface area contributed by atoms with E-state index >= 15 is 0 Å². The van der Waals surface area contributed by atoms with Crippen LogP contribution in [0.2, 0.25) is 0 Å². The number of carbonyl (C=O) groups excluding carboxylic acids is 2. The summed E-state index contributed by atoms with van der Waals surface area (Å²) in [5.74, 6) is -0.147. The van der Waals surface area contributed by atoms with Crippen molar-refractivity contribution in [1.29, 1.82) is 0 Å². The van der Waals surface area contributed by atoms with Gasteiger partial charge in [0.25, 0.3) is 11.8 Å². The Balaban J connectivity index is 2.22. The summed E-state index contributed by atoms with van der Waals surface area (Å²) in [6, 6.07) is 14.9. The highest BCUT2D eigenvalue weighted by Crippen LogP contribution is 2.21. The van der Waals surface area contributed by atoms with E-state index < -0.39 is 0 Å². The van der Waals surface area contributed by atoms with Crippen LogP contribution in [0.4, 0.5) is 0 Å². The van der Waals surface area contributed by atoms with E-state index in [0.29, 0.717) is 24.2 Å². The van der Waals surface area contributed by atoms with E-state index in [1.165, 1.54) is 0 Å². The van der Waals surface area contributed by atoms with Crippen LogP contribution in [0.5, 0.6) is 0 Å². The highest BCUT2D eigenvalue weighted by Gasteiger charge is 2.09. The normalized spacial score (nSPS) is 10.2. The molecular formula is C20H24N2O2. The van der Waals surface area contributed by atoms with Crippen LogP contribution in [0.25, 0.3) is 11.1 Å². The van der Waals surface area contributed by atoms with Crippen LogP contribution in [-0.2, 0) is 0 Å². The molecule has 0 aliphatic heterocycles. The Morgan fingerprint density at radius 3 is 1.54 bits per heavy atom. The largest absolute Gasteiger partial charge is 0.352 e. The molecule has 0 aliphatic rings. The molecular weight excluding hydrogens is 300 g/mol. The number of benzene rings is 2. The molecule has 0 unspecified atom stereocenters. The Bertz CT molecular complexity index is 649. The van der Waals surface area contributed by atoms with Gasteiger partial charge in [-0.05, 0) is 48.2 Å². The summed E-state index contributed by atoms with van der Waals surface area (Å²) in [7, 11) is 0. The van der Waals surface area contributed by atoms with Crippen molar-refractivity contribution in [2.75, 3.05) is 13.1 Å². The lowest BCUT2D eigenvalue weighted by Crippen LogP contribution is -2.24. The van der Waals surface area contributed by atoms with Crippen LogP contribution in [0.3, 0.4) is 0 Å². The maximum atomic E-state index is 12.1. The molecule has 0 aromatic heterocycles. The second-order valence-corrected chi connectivity index (χ2v) is 5.67. The zero-order chi connectivity index (χ0) is 17.4. The van der Waals surface area contributed by atoms with Gasteiger partial charge in [0.05, 0.1) is 0 Å². The number of hydrogen-bond acceptors (Lipinski definition) is 2. The van der Waals surface area contributed by atoms with Crippen molar-refractivity contribution in [3.8, 4) is 11.1 Å². The second-order valence-electron chi connectivity index (χ2n) is 5.67. The van der Waals surface area contributed by atoms with E-state index in [0.717, 1.165) is 24.0 Å². The average Bonchev–Trinajstić information content (AvgIpc) is 2.64. The molecule has 0 saturated heterocycles. The number of hydrogen-bond donors (Lipinski definition) is 2. The molecule has 24 heavy (non-hydrogen) atoms. The van der Waals surface area contributed by atoms with E-state index in [-0.39, 0.29) is 11.8 Å². The summed E-state index contributed by atoms with van der Waals surface area (Å²) in [5.41, 5.74) is 3.09. The highest BCUT2D eigenvalue weighted by atomic mass is 16.2. The predicted molar refractivity (Wildman–Crippen MR) is 97.1 cm³/mol. The molecule has 0 radical (unpaired) electrons. The smallest absolute Gasteiger partial charge is 0.251 e. The zero-order valence-electron chi connectivity index (χ0n) is 14.3. The van der Waals surface area contributed by atoms with E-state index in [4.69, 9.17) is 0 Å². The van der Waals surface area contributed by atoms with Gasteiger partial charge in [-0.15, -0.1) is 0 Å². The van der Waals surface area contributed by atoms with Gasteiger partial charge in [-0.1, -0.05) is 38.1 Å². The number of amides is 2. The molecule has 2 rings (SSSR count). The summed E-state index contributed by atoms with van der Waals surface area (Å²) in [5, 5.41) is 5.75. The zero-order valence-corrected chi connectivity index (χ0v) is 14.3. The van der Waals surface area contributed by atoms with Crippen LogP contribution in [0.1, 0.15) is 47.4 Å². The monoisotopic (exact) mass is 324 g/mol. The molecule has 2 aromatic carbocycles. The Morgan fingerprint density at radius 1 is 0.750 bits per heavy atom. The van der Waals surface area contributed by atoms with Gasteiger partial charge in [0.15, 0.2) is 0 Å². The van der Waals surface area contributed by atoms with Crippen molar-refractivity contribution in [3.63, 3.8) is 0 Å². The van der Waals surface area contributed by atoms with Gasteiger partial charge >= 0.3 is 0 Å². The molecule has 0 bridgehead atoms. The standard InChI is InChI=1S/C20H24N2O2/c1-3-11-21-19(23)17-9-5-7-15(13-17)16-8-6-10-18(14-16)20(24)22-12-4-2/h5-10,13-14H,3-4,11-12H2,1-2H3,(H,21,23)(H,22,24). The Labute approximate surface area is 143 Å². The summed E-state index contributed by atoms with van der Waals surface area (Å²) in [6.45, 7) is 5.36. The van der Waals surface area contributed by atoms with Gasteiger partial charge in [0, 0.05) is 24.2 Å². The third kappa shape index (κ3) is 4.69. The van der Waals surface area contributed by atoms with Gasteiger partial charge in [-0.2, -0.15) is 0 Å². The Hall–Kier alpha value is -2.62. The second kappa shape index (κ2) is 8.87. The maximum absolute atomic E-state index is 12.1. The van der Waals surface area contributed by atoms with Crippen molar-refractivity contribution in [1.82, 2.24) is 10.6 Å². The summed E-state index contributed by atoms with van der Waals surface area (Å²) >= 11 is 0. The lowest BCUT2D eigenvalue weighted by molar-refractivity contribution is 0.0945. The first-order chi connectivity index (χ1) is 11.7. The van der Waals surface area contributed by atoms with Crippen molar-refractivity contribution >= 4 is 11.8 Å². The molecule has 0 spiro atoms. The molecule has 0 atom stereocenters. The van der Waals surface area contributed by atoms with Crippen molar-refractivity contribution < 1.29 is 9.59 Å². The van der Waals surface area contributed by atoms with Crippen LogP contribution in [0.15, 0.2) is 48.5 Å². The molecule has 0 saturated carbocycles. The molecule has 4 nitrogen and oxygen atoms in total. The van der Waals surface area contributed by atoms with E-state index in [1.807, 2.05) is 50.2 Å². The third-order valence-corrected chi connectivity index (χ3v) is 3.65. The fourth-order valence-corrected chi connectivity index (χ4v) is 2.36. The van der Waals surface area contributed by atoms with Crippen LogP contribution in [0, 0.1) is 0 Å². The number of nitrogens with one attached hydrogen (secondary N) is 2. The molecule has 2 N–H and O–H groups in total. The number of rotatable bonds is 7. The average molecular weight is 324 g/mol. The first-order valence-corrected chi connectivity index (χ1v) is 8.42. The summed E-state index contributed by atoms with van der Waals surface area (Å²) < 4.78 is 0. The lowest BCUT2D eigenvalue weighted by atomic mass is 10.0. The van der Waals surface area contributed by atoms with Crippen molar-refractivity contribution in [3.05, 3.63) is 59.7 Å². The molecule has 0 heterocycles. The summed E-state index contributed by atoms with van der Waals surface area (Å²) in [4.78, 5) is 24.2. The van der Waals surface area contributed by atoms with Crippen LogP contribution >= 0.6 is 0 Å². The first kappa shape index (κ1) is 17.7. The van der Waals surface area contributed by atoms with Gasteiger partial charge in [0.1, 0.15) is 0 Å². The third-order valence-electron chi connectivity index (χ3n) is 3.65. The minimum atomic E-state index is -0.0736. The highest BCUT2D eigenvalue weighted by molar-refractivity contribution is 5.97. The van der Waals surface area contributed by atoms with Crippen LogP contribution < -0.4 is 10.6 Å². The number of carbonyl (C=O) groups is 2. The van der Waals surface area contributed by atoms with E-state index in [1.54, 1.807) is 12.1 Å². The Morgan fingerprint density at radius 2 is 1.17 bits per heavy atom. The Kier molecular flexibility index (Phi) is 6.55.